The minimum atomic E-state index is -3.60. The number of hydrogen-bond acceptors (Lipinski definition) is 4. The fourth-order valence-electron chi connectivity index (χ4n) is 2.73. The minimum Gasteiger partial charge on any atom is -0.323 e. The van der Waals surface area contributed by atoms with Crippen LogP contribution in [0, 0.1) is 13.8 Å². The third-order valence-electron chi connectivity index (χ3n) is 3.84. The molecule has 0 atom stereocenters. The third-order valence-corrected chi connectivity index (χ3v) is 5.91. The molecule has 0 unspecified atom stereocenters. The monoisotopic (exact) mass is 392 g/mol. The quantitative estimate of drug-likeness (QED) is 0.728. The normalized spacial score (nSPS) is 11.2. The van der Waals surface area contributed by atoms with Gasteiger partial charge in [0.25, 0.3) is 0 Å². The van der Waals surface area contributed by atoms with Gasteiger partial charge in [-0.25, -0.2) is 8.42 Å². The lowest BCUT2D eigenvalue weighted by Gasteiger charge is -2.25. The number of nitrogens with zero attached hydrogens (tertiary/aromatic N) is 1. The summed E-state index contributed by atoms with van der Waals surface area (Å²) in [6.45, 7) is 5.45. The Bertz CT molecular complexity index is 875. The third kappa shape index (κ3) is 5.02. The SMILES string of the molecule is CCSc1ccccc1NC(=O)CN(c1c(C)cccc1C)S(C)(=O)=O. The topological polar surface area (TPSA) is 66.5 Å². The summed E-state index contributed by atoms with van der Waals surface area (Å²) in [5.41, 5.74) is 2.87. The van der Waals surface area contributed by atoms with E-state index in [1.807, 2.05) is 63.2 Å². The number of carbonyl (C=O) groups is 1. The first-order valence-electron chi connectivity index (χ1n) is 8.29. The Morgan fingerprint density at radius 1 is 1.08 bits per heavy atom. The van der Waals surface area contributed by atoms with Crippen molar-refractivity contribution in [2.24, 2.45) is 0 Å². The van der Waals surface area contributed by atoms with E-state index >= 15 is 0 Å². The average Bonchev–Trinajstić information content (AvgIpc) is 2.55. The Kier molecular flexibility index (Phi) is 6.72. The van der Waals surface area contributed by atoms with Crippen molar-refractivity contribution in [3.8, 4) is 0 Å². The largest absolute Gasteiger partial charge is 0.323 e. The summed E-state index contributed by atoms with van der Waals surface area (Å²) in [4.78, 5) is 13.6. The molecule has 26 heavy (non-hydrogen) atoms. The molecule has 5 nitrogen and oxygen atoms in total. The summed E-state index contributed by atoms with van der Waals surface area (Å²) in [6, 6.07) is 13.1. The van der Waals surface area contributed by atoms with Gasteiger partial charge in [0, 0.05) is 4.90 Å². The number of thioether (sulfide) groups is 1. The molecule has 0 heterocycles. The summed E-state index contributed by atoms with van der Waals surface area (Å²) >= 11 is 1.62. The van der Waals surface area contributed by atoms with Crippen molar-refractivity contribution in [3.63, 3.8) is 0 Å². The number of carbonyl (C=O) groups excluding carboxylic acids is 1. The molecule has 0 bridgehead atoms. The number of rotatable bonds is 7. The van der Waals surface area contributed by atoms with Crippen LogP contribution >= 0.6 is 11.8 Å². The zero-order chi connectivity index (χ0) is 19.3. The lowest BCUT2D eigenvalue weighted by atomic mass is 10.1. The first kappa shape index (κ1) is 20.3. The summed E-state index contributed by atoms with van der Waals surface area (Å²) in [6.07, 6.45) is 1.12. The van der Waals surface area contributed by atoms with Gasteiger partial charge in [-0.15, -0.1) is 11.8 Å². The van der Waals surface area contributed by atoms with Crippen molar-refractivity contribution in [2.75, 3.05) is 28.2 Å². The maximum absolute atomic E-state index is 12.6. The van der Waals surface area contributed by atoms with Gasteiger partial charge >= 0.3 is 0 Å². The van der Waals surface area contributed by atoms with E-state index in [1.165, 1.54) is 4.31 Å². The number of amides is 1. The maximum atomic E-state index is 12.6. The number of sulfonamides is 1. The highest BCUT2D eigenvalue weighted by Gasteiger charge is 2.24. The van der Waals surface area contributed by atoms with Gasteiger partial charge in [0.05, 0.1) is 17.6 Å². The Hall–Kier alpha value is -1.99. The van der Waals surface area contributed by atoms with E-state index in [4.69, 9.17) is 0 Å². The van der Waals surface area contributed by atoms with Crippen LogP contribution in [-0.4, -0.2) is 32.9 Å². The second-order valence-corrected chi connectivity index (χ2v) is 9.20. The van der Waals surface area contributed by atoms with E-state index in [0.29, 0.717) is 11.4 Å². The highest BCUT2D eigenvalue weighted by molar-refractivity contribution is 7.99. The van der Waals surface area contributed by atoms with Gasteiger partial charge in [0.1, 0.15) is 6.54 Å². The van der Waals surface area contributed by atoms with Crippen LogP contribution < -0.4 is 9.62 Å². The zero-order valence-corrected chi connectivity index (χ0v) is 17.1. The van der Waals surface area contributed by atoms with E-state index in [1.54, 1.807) is 11.8 Å². The Balaban J connectivity index is 2.29. The number of para-hydroxylation sites is 2. The van der Waals surface area contributed by atoms with Crippen molar-refractivity contribution in [3.05, 3.63) is 53.6 Å². The number of benzene rings is 2. The van der Waals surface area contributed by atoms with Crippen LogP contribution in [0.2, 0.25) is 0 Å². The molecule has 2 aromatic rings. The molecule has 7 heteroatoms. The molecule has 0 aliphatic heterocycles. The number of aryl methyl sites for hydroxylation is 2. The minimum absolute atomic E-state index is 0.268. The van der Waals surface area contributed by atoms with Gasteiger partial charge in [-0.3, -0.25) is 9.10 Å². The number of hydrogen-bond donors (Lipinski definition) is 1. The van der Waals surface area contributed by atoms with Gasteiger partial charge in [0.15, 0.2) is 0 Å². The molecular formula is C19H24N2O3S2. The van der Waals surface area contributed by atoms with E-state index in [9.17, 15) is 13.2 Å². The van der Waals surface area contributed by atoms with E-state index < -0.39 is 10.0 Å². The molecule has 2 aromatic carbocycles. The van der Waals surface area contributed by atoms with E-state index in [2.05, 4.69) is 5.32 Å². The highest BCUT2D eigenvalue weighted by Crippen LogP contribution is 2.28. The Morgan fingerprint density at radius 2 is 1.69 bits per heavy atom. The van der Waals surface area contributed by atoms with Crippen LogP contribution in [-0.2, 0) is 14.8 Å². The lowest BCUT2D eigenvalue weighted by Crippen LogP contribution is -2.38. The molecule has 140 valence electrons. The molecule has 0 aliphatic rings. The smallest absolute Gasteiger partial charge is 0.245 e. The Labute approximate surface area is 159 Å². The second kappa shape index (κ2) is 8.60. The molecule has 0 aliphatic carbocycles. The molecule has 1 N–H and O–H groups in total. The van der Waals surface area contributed by atoms with Gasteiger partial charge < -0.3 is 5.32 Å². The molecule has 0 radical (unpaired) electrons. The van der Waals surface area contributed by atoms with Crippen molar-refractivity contribution >= 4 is 39.1 Å². The number of anilines is 2. The molecule has 2 rings (SSSR count). The molecule has 1 amide bonds. The first-order chi connectivity index (χ1) is 12.2. The standard InChI is InChI=1S/C19H24N2O3S2/c1-5-25-17-12-7-6-11-16(17)20-18(22)13-21(26(4,23)24)19-14(2)9-8-10-15(19)3/h6-12H,5,13H2,1-4H3,(H,20,22). The molecule has 0 fully saturated rings. The van der Waals surface area contributed by atoms with Gasteiger partial charge in [0.2, 0.25) is 15.9 Å². The highest BCUT2D eigenvalue weighted by atomic mass is 32.2. The fourth-order valence-corrected chi connectivity index (χ4v) is 4.46. The van der Waals surface area contributed by atoms with Crippen LogP contribution in [0.4, 0.5) is 11.4 Å². The molecule has 0 spiro atoms. The van der Waals surface area contributed by atoms with Crippen LogP contribution in [0.3, 0.4) is 0 Å². The van der Waals surface area contributed by atoms with Crippen molar-refractivity contribution in [2.45, 2.75) is 25.7 Å². The van der Waals surface area contributed by atoms with Crippen LogP contribution in [0.5, 0.6) is 0 Å². The second-order valence-electron chi connectivity index (χ2n) is 5.99. The summed E-state index contributed by atoms with van der Waals surface area (Å²) in [5.74, 6) is 0.507. The summed E-state index contributed by atoms with van der Waals surface area (Å²) in [7, 11) is -3.60. The van der Waals surface area contributed by atoms with Crippen molar-refractivity contribution in [1.29, 1.82) is 0 Å². The predicted molar refractivity (Wildman–Crippen MR) is 110 cm³/mol. The summed E-state index contributed by atoms with van der Waals surface area (Å²) < 4.78 is 25.8. The van der Waals surface area contributed by atoms with Crippen molar-refractivity contribution < 1.29 is 13.2 Å². The molecule has 0 saturated carbocycles. The lowest BCUT2D eigenvalue weighted by molar-refractivity contribution is -0.114. The predicted octanol–water partition coefficient (Wildman–Crippen LogP) is 3.82. The maximum Gasteiger partial charge on any atom is 0.245 e. The fraction of sp³-hybridized carbons (Fsp3) is 0.316. The van der Waals surface area contributed by atoms with Gasteiger partial charge in [-0.05, 0) is 42.9 Å². The van der Waals surface area contributed by atoms with Crippen LogP contribution in [0.1, 0.15) is 18.1 Å². The van der Waals surface area contributed by atoms with E-state index in [0.717, 1.165) is 28.0 Å². The van der Waals surface area contributed by atoms with Crippen molar-refractivity contribution in [1.82, 2.24) is 0 Å². The number of nitrogens with one attached hydrogen (secondary N) is 1. The molecular weight excluding hydrogens is 368 g/mol. The van der Waals surface area contributed by atoms with Gasteiger partial charge in [-0.1, -0.05) is 37.3 Å². The average molecular weight is 393 g/mol. The van der Waals surface area contributed by atoms with Gasteiger partial charge in [-0.2, -0.15) is 0 Å². The molecule has 0 aromatic heterocycles. The van der Waals surface area contributed by atoms with E-state index in [-0.39, 0.29) is 12.5 Å². The molecule has 0 saturated heterocycles. The first-order valence-corrected chi connectivity index (χ1v) is 11.1. The Morgan fingerprint density at radius 3 is 2.27 bits per heavy atom. The summed E-state index contributed by atoms with van der Waals surface area (Å²) in [5, 5.41) is 2.84. The van der Waals surface area contributed by atoms with Crippen LogP contribution in [0.15, 0.2) is 47.4 Å². The zero-order valence-electron chi connectivity index (χ0n) is 15.4. The van der Waals surface area contributed by atoms with Crippen LogP contribution in [0.25, 0.3) is 0 Å².